The molecule has 2 N–H and O–H groups in total. The van der Waals surface area contributed by atoms with Gasteiger partial charge in [0.05, 0.1) is 11.4 Å². The summed E-state index contributed by atoms with van der Waals surface area (Å²) in [5.41, 5.74) is 10.9. The molecule has 174 valence electrons. The van der Waals surface area contributed by atoms with Gasteiger partial charge in [0.25, 0.3) is 0 Å². The predicted molar refractivity (Wildman–Crippen MR) is 139 cm³/mol. The molecule has 3 heterocycles. The van der Waals surface area contributed by atoms with E-state index >= 15 is 0 Å². The zero-order valence-electron chi connectivity index (χ0n) is 19.9. The van der Waals surface area contributed by atoms with E-state index in [2.05, 4.69) is 60.7 Å². The number of thiophene rings is 1. The standard InChI is InChI=1S/C27H29N5OS/c1-5-17-8-7-9-18(12-17)21-14-23(34-16-21)27(3)24(25(33)31(4)26(28)29-27)19-10-11-22-20(13-19)15-32(6-2)30-22/h7-16,24H,5-6H2,1-4H3,(H2,28,29)/t24-,27+/m0/s1. The molecule has 0 unspecified atom stereocenters. The molecule has 4 aromatic rings. The van der Waals surface area contributed by atoms with Gasteiger partial charge in [-0.25, -0.2) is 4.99 Å². The topological polar surface area (TPSA) is 76.5 Å². The van der Waals surface area contributed by atoms with Gasteiger partial charge in [0.15, 0.2) is 5.96 Å². The molecule has 0 fully saturated rings. The average Bonchev–Trinajstić information content (AvgIpc) is 3.50. The second-order valence-corrected chi connectivity index (χ2v) is 9.92. The minimum atomic E-state index is -0.812. The molecule has 0 bridgehead atoms. The highest BCUT2D eigenvalue weighted by Crippen LogP contribution is 2.47. The third kappa shape index (κ3) is 3.60. The fraction of sp³-hybridized carbons (Fsp3) is 0.296. The Kier molecular flexibility index (Phi) is 5.52. The van der Waals surface area contributed by atoms with Gasteiger partial charge in [0, 0.05) is 30.1 Å². The molecule has 2 aromatic carbocycles. The summed E-state index contributed by atoms with van der Waals surface area (Å²) in [6, 6.07) is 16.8. The number of likely N-dealkylation sites (N-methyl/N-ethyl adjacent to an activating group) is 1. The number of aliphatic imine (C=N–C) groups is 1. The van der Waals surface area contributed by atoms with Gasteiger partial charge in [0.2, 0.25) is 5.91 Å². The van der Waals surface area contributed by atoms with Crippen LogP contribution < -0.4 is 5.73 Å². The number of fused-ring (bicyclic) bond motifs is 1. The first-order chi connectivity index (χ1) is 16.3. The van der Waals surface area contributed by atoms with Gasteiger partial charge in [-0.2, -0.15) is 5.10 Å². The molecule has 0 radical (unpaired) electrons. The summed E-state index contributed by atoms with van der Waals surface area (Å²) in [5.74, 6) is -0.306. The fourth-order valence-corrected chi connectivity index (χ4v) is 5.80. The van der Waals surface area contributed by atoms with Crippen LogP contribution in [0.5, 0.6) is 0 Å². The van der Waals surface area contributed by atoms with Crippen molar-refractivity contribution in [3.05, 3.63) is 76.1 Å². The second kappa shape index (κ2) is 8.40. The third-order valence-electron chi connectivity index (χ3n) is 6.83. The SMILES string of the molecule is CCc1cccc(-c2csc([C@@]3(C)N=C(N)N(C)C(=O)[C@@H]3c3ccc4nn(CC)cc4c3)c2)c1. The summed E-state index contributed by atoms with van der Waals surface area (Å²) in [6.45, 7) is 7.04. The quantitative estimate of drug-likeness (QED) is 0.438. The lowest BCUT2D eigenvalue weighted by atomic mass is 9.77. The number of amides is 1. The Morgan fingerprint density at radius 1 is 1.12 bits per heavy atom. The highest BCUT2D eigenvalue weighted by atomic mass is 32.1. The van der Waals surface area contributed by atoms with Crippen LogP contribution in [-0.2, 0) is 23.3 Å². The Morgan fingerprint density at radius 3 is 2.71 bits per heavy atom. The summed E-state index contributed by atoms with van der Waals surface area (Å²) in [4.78, 5) is 21.0. The number of aryl methyl sites for hydroxylation is 2. The van der Waals surface area contributed by atoms with Crippen molar-refractivity contribution in [3.8, 4) is 11.1 Å². The number of nitrogens with two attached hydrogens (primary N) is 1. The number of aromatic nitrogens is 2. The van der Waals surface area contributed by atoms with Crippen LogP contribution in [0.2, 0.25) is 0 Å². The molecule has 0 saturated heterocycles. The van der Waals surface area contributed by atoms with Crippen LogP contribution in [0.3, 0.4) is 0 Å². The van der Waals surface area contributed by atoms with Crippen LogP contribution in [0, 0.1) is 0 Å². The maximum absolute atomic E-state index is 13.6. The number of nitrogens with zero attached hydrogens (tertiary/aromatic N) is 4. The Labute approximate surface area is 203 Å². The number of guanidine groups is 1. The molecule has 0 saturated carbocycles. The van der Waals surface area contributed by atoms with Crippen LogP contribution in [0.4, 0.5) is 0 Å². The molecular formula is C27H29N5OS. The summed E-state index contributed by atoms with van der Waals surface area (Å²) in [6.07, 6.45) is 3.01. The first kappa shape index (κ1) is 22.3. The van der Waals surface area contributed by atoms with E-state index in [1.165, 1.54) is 16.0 Å². The zero-order valence-corrected chi connectivity index (χ0v) is 20.8. The van der Waals surface area contributed by atoms with E-state index in [4.69, 9.17) is 10.7 Å². The maximum Gasteiger partial charge on any atom is 0.239 e. The number of hydrogen-bond acceptors (Lipinski definition) is 5. The van der Waals surface area contributed by atoms with Crippen molar-refractivity contribution in [2.45, 2.75) is 45.2 Å². The Hall–Kier alpha value is -3.45. The molecule has 6 nitrogen and oxygen atoms in total. The smallest absolute Gasteiger partial charge is 0.239 e. The monoisotopic (exact) mass is 471 g/mol. The molecule has 0 aliphatic carbocycles. The van der Waals surface area contributed by atoms with Crippen molar-refractivity contribution in [2.24, 2.45) is 10.7 Å². The molecule has 7 heteroatoms. The lowest BCUT2D eigenvalue weighted by Crippen LogP contribution is -2.52. The summed E-state index contributed by atoms with van der Waals surface area (Å²) in [7, 11) is 1.69. The van der Waals surface area contributed by atoms with Crippen molar-refractivity contribution >= 4 is 34.1 Å². The van der Waals surface area contributed by atoms with Gasteiger partial charge in [-0.05, 0) is 66.1 Å². The van der Waals surface area contributed by atoms with Gasteiger partial charge in [-0.3, -0.25) is 14.4 Å². The number of hydrogen-bond donors (Lipinski definition) is 1. The van der Waals surface area contributed by atoms with Crippen LogP contribution in [0.15, 0.2) is 65.1 Å². The Bertz CT molecular complexity index is 1420. The Morgan fingerprint density at radius 2 is 1.94 bits per heavy atom. The maximum atomic E-state index is 13.6. The normalized spacial score (nSPS) is 20.7. The number of benzene rings is 2. The van der Waals surface area contributed by atoms with Crippen LogP contribution in [0.1, 0.15) is 42.7 Å². The molecule has 2 aromatic heterocycles. The van der Waals surface area contributed by atoms with E-state index in [9.17, 15) is 4.79 Å². The molecule has 2 atom stereocenters. The molecular weight excluding hydrogens is 442 g/mol. The van der Waals surface area contributed by atoms with E-state index in [-0.39, 0.29) is 11.9 Å². The van der Waals surface area contributed by atoms with E-state index < -0.39 is 11.5 Å². The van der Waals surface area contributed by atoms with Gasteiger partial charge in [0.1, 0.15) is 5.54 Å². The number of carbonyl (C=O) groups excluding carboxylic acids is 1. The highest BCUT2D eigenvalue weighted by molar-refractivity contribution is 7.10. The lowest BCUT2D eigenvalue weighted by Gasteiger charge is -2.40. The fourth-order valence-electron chi connectivity index (χ4n) is 4.75. The van der Waals surface area contributed by atoms with Gasteiger partial charge in [-0.15, -0.1) is 11.3 Å². The minimum Gasteiger partial charge on any atom is -0.369 e. The largest absolute Gasteiger partial charge is 0.369 e. The van der Waals surface area contributed by atoms with Gasteiger partial charge >= 0.3 is 0 Å². The van der Waals surface area contributed by atoms with Crippen molar-refractivity contribution in [2.75, 3.05) is 7.05 Å². The van der Waals surface area contributed by atoms with Crippen molar-refractivity contribution in [1.82, 2.24) is 14.7 Å². The molecule has 34 heavy (non-hydrogen) atoms. The average molecular weight is 472 g/mol. The summed E-state index contributed by atoms with van der Waals surface area (Å²) in [5, 5.41) is 7.75. The predicted octanol–water partition coefficient (Wildman–Crippen LogP) is 5.13. The van der Waals surface area contributed by atoms with Crippen molar-refractivity contribution in [1.29, 1.82) is 0 Å². The van der Waals surface area contributed by atoms with Crippen LogP contribution in [-0.4, -0.2) is 33.6 Å². The van der Waals surface area contributed by atoms with E-state index in [0.717, 1.165) is 39.9 Å². The highest BCUT2D eigenvalue weighted by Gasteiger charge is 2.48. The number of carbonyl (C=O) groups is 1. The van der Waals surface area contributed by atoms with E-state index in [0.29, 0.717) is 0 Å². The molecule has 0 spiro atoms. The third-order valence-corrected chi connectivity index (χ3v) is 7.99. The zero-order chi connectivity index (χ0) is 24.0. The first-order valence-corrected chi connectivity index (χ1v) is 12.5. The van der Waals surface area contributed by atoms with Crippen molar-refractivity contribution < 1.29 is 4.79 Å². The summed E-state index contributed by atoms with van der Waals surface area (Å²) < 4.78 is 1.91. The molecule has 1 aliphatic rings. The lowest BCUT2D eigenvalue weighted by molar-refractivity contribution is -0.130. The molecule has 5 rings (SSSR count). The summed E-state index contributed by atoms with van der Waals surface area (Å²) >= 11 is 1.63. The molecule has 1 amide bonds. The van der Waals surface area contributed by atoms with Crippen molar-refractivity contribution in [3.63, 3.8) is 0 Å². The van der Waals surface area contributed by atoms with E-state index in [1.807, 2.05) is 29.9 Å². The van der Waals surface area contributed by atoms with Gasteiger partial charge < -0.3 is 5.73 Å². The van der Waals surface area contributed by atoms with Crippen LogP contribution >= 0.6 is 11.3 Å². The second-order valence-electron chi connectivity index (χ2n) is 9.00. The molecule has 1 aliphatic heterocycles. The van der Waals surface area contributed by atoms with E-state index in [1.54, 1.807) is 18.4 Å². The van der Waals surface area contributed by atoms with Gasteiger partial charge in [-0.1, -0.05) is 37.3 Å². The van der Waals surface area contributed by atoms with Crippen LogP contribution in [0.25, 0.3) is 22.0 Å². The number of rotatable bonds is 5. The Balaban J connectivity index is 1.63. The minimum absolute atomic E-state index is 0.0554. The first-order valence-electron chi connectivity index (χ1n) is 11.6.